The van der Waals surface area contributed by atoms with Gasteiger partial charge in [-0.05, 0) is 49.1 Å². The molecule has 1 fully saturated rings. The van der Waals surface area contributed by atoms with Crippen LogP contribution in [-0.4, -0.2) is 47.2 Å². The van der Waals surface area contributed by atoms with Gasteiger partial charge in [-0.1, -0.05) is 0 Å². The number of aromatic amines is 1. The van der Waals surface area contributed by atoms with E-state index < -0.39 is 0 Å². The lowest BCUT2D eigenvalue weighted by atomic mass is 9.99. The molecule has 3 aliphatic heterocycles. The third kappa shape index (κ3) is 2.62. The fraction of sp³-hybridized carbons (Fsp3) is 0.286. The summed E-state index contributed by atoms with van der Waals surface area (Å²) in [4.78, 5) is 42.2. The fourth-order valence-electron chi connectivity index (χ4n) is 4.18. The molecule has 5 rings (SSSR count). The second kappa shape index (κ2) is 6.37. The highest BCUT2D eigenvalue weighted by Crippen LogP contribution is 2.35. The summed E-state index contributed by atoms with van der Waals surface area (Å²) in [5.41, 5.74) is 4.82. The van der Waals surface area contributed by atoms with Crippen LogP contribution < -0.4 is 10.6 Å². The normalized spacial score (nSPS) is 19.4. The van der Waals surface area contributed by atoms with Crippen LogP contribution in [0.3, 0.4) is 0 Å². The number of rotatable bonds is 2. The molecule has 0 bridgehead atoms. The van der Waals surface area contributed by atoms with Gasteiger partial charge in [0.1, 0.15) is 0 Å². The number of carbonyl (C=O) groups excluding carboxylic acids is 3. The average Bonchev–Trinajstić information content (AvgIpc) is 3.42. The topological polar surface area (TPSA) is 94.3 Å². The summed E-state index contributed by atoms with van der Waals surface area (Å²) >= 11 is 0. The Morgan fingerprint density at radius 3 is 2.71 bits per heavy atom. The molecule has 7 nitrogen and oxygen atoms in total. The molecule has 2 aromatic rings. The van der Waals surface area contributed by atoms with Crippen molar-refractivity contribution in [1.29, 1.82) is 0 Å². The van der Waals surface area contributed by atoms with Gasteiger partial charge in [0.05, 0.1) is 11.1 Å². The van der Waals surface area contributed by atoms with Gasteiger partial charge >= 0.3 is 0 Å². The minimum atomic E-state index is -0.204. The van der Waals surface area contributed by atoms with Gasteiger partial charge in [0.25, 0.3) is 17.7 Å². The monoisotopic (exact) mass is 376 g/mol. The Balaban J connectivity index is 1.53. The maximum absolute atomic E-state index is 12.7. The van der Waals surface area contributed by atoms with Crippen LogP contribution in [0.5, 0.6) is 0 Å². The molecule has 142 valence electrons. The Morgan fingerprint density at radius 2 is 1.89 bits per heavy atom. The van der Waals surface area contributed by atoms with Gasteiger partial charge in [0.2, 0.25) is 0 Å². The number of anilines is 1. The number of nitrogens with one attached hydrogen (secondary N) is 3. The smallest absolute Gasteiger partial charge is 0.256 e. The molecular weight excluding hydrogens is 356 g/mol. The summed E-state index contributed by atoms with van der Waals surface area (Å²) in [7, 11) is 0. The molecule has 0 radical (unpaired) electrons. The van der Waals surface area contributed by atoms with Crippen molar-refractivity contribution in [1.82, 2.24) is 15.2 Å². The van der Waals surface area contributed by atoms with Crippen molar-refractivity contribution < 1.29 is 14.4 Å². The lowest BCUT2D eigenvalue weighted by Crippen LogP contribution is -2.31. The fourth-order valence-corrected chi connectivity index (χ4v) is 4.18. The summed E-state index contributed by atoms with van der Waals surface area (Å²) in [5.74, 6) is -0.297. The van der Waals surface area contributed by atoms with Gasteiger partial charge in [0, 0.05) is 48.3 Å². The highest BCUT2D eigenvalue weighted by Gasteiger charge is 2.28. The van der Waals surface area contributed by atoms with Crippen molar-refractivity contribution in [2.75, 3.05) is 25.0 Å². The summed E-state index contributed by atoms with van der Waals surface area (Å²) in [6, 6.07) is 5.35. The van der Waals surface area contributed by atoms with Crippen molar-refractivity contribution in [2.45, 2.75) is 19.3 Å². The van der Waals surface area contributed by atoms with Gasteiger partial charge in [-0.2, -0.15) is 0 Å². The Hall–Kier alpha value is -3.35. The predicted molar refractivity (Wildman–Crippen MR) is 105 cm³/mol. The molecule has 0 spiro atoms. The molecule has 3 aliphatic rings. The molecule has 1 aromatic carbocycles. The lowest BCUT2D eigenvalue weighted by molar-refractivity contribution is -0.110. The maximum Gasteiger partial charge on any atom is 0.256 e. The van der Waals surface area contributed by atoms with Gasteiger partial charge < -0.3 is 20.5 Å². The van der Waals surface area contributed by atoms with Crippen molar-refractivity contribution in [2.24, 2.45) is 0 Å². The molecule has 1 saturated heterocycles. The molecule has 0 unspecified atom stereocenters. The third-order valence-electron chi connectivity index (χ3n) is 5.66. The van der Waals surface area contributed by atoms with E-state index in [-0.39, 0.29) is 17.7 Å². The van der Waals surface area contributed by atoms with E-state index in [1.54, 1.807) is 30.5 Å². The number of carbonyl (C=O) groups is 3. The number of aromatic nitrogens is 1. The second-order valence-electron chi connectivity index (χ2n) is 7.37. The van der Waals surface area contributed by atoms with Crippen LogP contribution in [0.25, 0.3) is 11.6 Å². The molecular formula is C21H20N4O3. The van der Waals surface area contributed by atoms with Crippen molar-refractivity contribution >= 4 is 35.1 Å². The summed E-state index contributed by atoms with van der Waals surface area (Å²) in [5, 5.41) is 5.67. The van der Waals surface area contributed by atoms with Gasteiger partial charge in [-0.15, -0.1) is 0 Å². The minimum absolute atomic E-state index is 0.00734. The number of likely N-dealkylation sites (tertiary alicyclic amines) is 1. The van der Waals surface area contributed by atoms with E-state index >= 15 is 0 Å². The van der Waals surface area contributed by atoms with Crippen LogP contribution >= 0.6 is 0 Å². The van der Waals surface area contributed by atoms with E-state index in [1.165, 1.54) is 0 Å². The van der Waals surface area contributed by atoms with Gasteiger partial charge in [-0.3, -0.25) is 14.4 Å². The molecule has 1 aromatic heterocycles. The number of amides is 3. The standard InChI is InChI=1S/C21H20N4O3/c26-19-16-11-23-18(13(16)5-6-22-19)10-15-14-9-12(3-4-17(14)24-20(15)27)21(28)25-7-1-2-8-25/h3-4,9-11,23H,1-2,5-8H2,(H,22,26)(H,24,27). The summed E-state index contributed by atoms with van der Waals surface area (Å²) < 4.78 is 0. The molecule has 0 aliphatic carbocycles. The van der Waals surface area contributed by atoms with Crippen LogP contribution in [0.1, 0.15) is 50.4 Å². The summed E-state index contributed by atoms with van der Waals surface area (Å²) in [6.45, 7) is 2.15. The first-order chi connectivity index (χ1) is 13.6. The number of benzene rings is 1. The number of H-pyrrole nitrogens is 1. The first-order valence-electron chi connectivity index (χ1n) is 9.57. The van der Waals surface area contributed by atoms with Crippen LogP contribution in [0, 0.1) is 0 Å². The quantitative estimate of drug-likeness (QED) is 0.700. The molecule has 0 saturated carbocycles. The van der Waals surface area contributed by atoms with E-state index in [1.807, 2.05) is 4.90 Å². The highest BCUT2D eigenvalue weighted by molar-refractivity contribution is 6.35. The maximum atomic E-state index is 12.7. The molecule has 3 N–H and O–H groups in total. The highest BCUT2D eigenvalue weighted by atomic mass is 16.2. The van der Waals surface area contributed by atoms with E-state index in [2.05, 4.69) is 15.6 Å². The zero-order valence-corrected chi connectivity index (χ0v) is 15.3. The molecule has 28 heavy (non-hydrogen) atoms. The van der Waals surface area contributed by atoms with Gasteiger partial charge in [0.15, 0.2) is 0 Å². The zero-order valence-electron chi connectivity index (χ0n) is 15.3. The average molecular weight is 376 g/mol. The lowest BCUT2D eigenvalue weighted by Gasteiger charge is -2.15. The number of hydrogen-bond donors (Lipinski definition) is 3. The zero-order chi connectivity index (χ0) is 19.3. The summed E-state index contributed by atoms with van der Waals surface area (Å²) in [6.07, 6.45) is 6.24. The van der Waals surface area contributed by atoms with E-state index in [9.17, 15) is 14.4 Å². The second-order valence-corrected chi connectivity index (χ2v) is 7.37. The Labute approximate surface area is 161 Å². The number of hydrogen-bond acceptors (Lipinski definition) is 3. The predicted octanol–water partition coefficient (Wildman–Crippen LogP) is 2.03. The SMILES string of the molecule is O=C1Nc2ccc(C(=O)N3CCCC3)cc2C1=Cc1[nH]cc2c1CCNC2=O. The first kappa shape index (κ1) is 16.8. The molecule has 3 amide bonds. The minimum Gasteiger partial charge on any atom is -0.361 e. The Morgan fingerprint density at radius 1 is 1.07 bits per heavy atom. The van der Waals surface area contributed by atoms with Crippen LogP contribution in [0.4, 0.5) is 5.69 Å². The Kier molecular flexibility index (Phi) is 3.82. The molecule has 0 atom stereocenters. The van der Waals surface area contributed by atoms with Crippen molar-refractivity contribution in [3.8, 4) is 0 Å². The van der Waals surface area contributed by atoms with E-state index in [0.717, 1.165) is 42.8 Å². The van der Waals surface area contributed by atoms with Crippen molar-refractivity contribution in [3.63, 3.8) is 0 Å². The molecule has 4 heterocycles. The molecule has 7 heteroatoms. The first-order valence-corrected chi connectivity index (χ1v) is 9.57. The van der Waals surface area contributed by atoms with Crippen LogP contribution in [0.2, 0.25) is 0 Å². The van der Waals surface area contributed by atoms with Crippen molar-refractivity contribution in [3.05, 3.63) is 52.3 Å². The van der Waals surface area contributed by atoms with Crippen LogP contribution in [-0.2, 0) is 11.2 Å². The number of nitrogens with zero attached hydrogens (tertiary/aromatic N) is 1. The third-order valence-corrected chi connectivity index (χ3v) is 5.66. The largest absolute Gasteiger partial charge is 0.361 e. The Bertz CT molecular complexity index is 1040. The van der Waals surface area contributed by atoms with E-state index in [0.29, 0.717) is 35.4 Å². The van der Waals surface area contributed by atoms with Crippen LogP contribution in [0.15, 0.2) is 24.4 Å². The number of fused-ring (bicyclic) bond motifs is 2. The van der Waals surface area contributed by atoms with Gasteiger partial charge in [-0.25, -0.2) is 0 Å². The van der Waals surface area contributed by atoms with E-state index in [4.69, 9.17) is 0 Å².